The first-order valence-electron chi connectivity index (χ1n) is 6.10. The molecule has 0 saturated carbocycles. The molecule has 112 valence electrons. The maximum Gasteiger partial charge on any atom is 0.420 e. The highest BCUT2D eigenvalue weighted by atomic mass is 32.1. The first kappa shape index (κ1) is 14.0. The van der Waals surface area contributed by atoms with E-state index in [-0.39, 0.29) is 17.7 Å². The van der Waals surface area contributed by atoms with E-state index in [1.807, 2.05) is 0 Å². The molecule has 0 unspecified atom stereocenters. The standard InChI is InChI=1S/C13H9N3O5S/c17-10(15-12-14-3-4-22-12)6-16-8-2-1-7(11(18)19)5-9(8)21-13(16)20/h1-5H,6H2,(H,18,19)(H,14,15,17). The van der Waals surface area contributed by atoms with Gasteiger partial charge >= 0.3 is 11.7 Å². The second-order valence-electron chi connectivity index (χ2n) is 4.33. The predicted octanol–water partition coefficient (Wildman–Crippen LogP) is 1.39. The average Bonchev–Trinajstić information content (AvgIpc) is 3.07. The molecule has 22 heavy (non-hydrogen) atoms. The number of nitrogens with one attached hydrogen (secondary N) is 1. The molecule has 0 fully saturated rings. The number of carboxylic acids is 1. The van der Waals surface area contributed by atoms with Crippen LogP contribution in [0.3, 0.4) is 0 Å². The molecule has 8 nitrogen and oxygen atoms in total. The van der Waals surface area contributed by atoms with Crippen molar-refractivity contribution in [2.75, 3.05) is 5.32 Å². The molecule has 0 bridgehead atoms. The molecule has 0 saturated heterocycles. The number of hydrogen-bond acceptors (Lipinski definition) is 6. The number of nitrogens with zero attached hydrogens (tertiary/aromatic N) is 2. The molecular formula is C13H9N3O5S. The van der Waals surface area contributed by atoms with Gasteiger partial charge in [-0.25, -0.2) is 14.6 Å². The summed E-state index contributed by atoms with van der Waals surface area (Å²) in [6.07, 6.45) is 1.55. The van der Waals surface area contributed by atoms with Gasteiger partial charge in [-0.15, -0.1) is 11.3 Å². The highest BCUT2D eigenvalue weighted by Gasteiger charge is 2.15. The van der Waals surface area contributed by atoms with Crippen molar-refractivity contribution in [2.24, 2.45) is 0 Å². The fourth-order valence-electron chi connectivity index (χ4n) is 1.94. The van der Waals surface area contributed by atoms with Crippen LogP contribution in [0.1, 0.15) is 10.4 Å². The van der Waals surface area contributed by atoms with Crippen LogP contribution < -0.4 is 11.1 Å². The summed E-state index contributed by atoms with van der Waals surface area (Å²) in [6, 6.07) is 4.02. The first-order valence-corrected chi connectivity index (χ1v) is 6.98. The van der Waals surface area contributed by atoms with Crippen LogP contribution in [-0.4, -0.2) is 26.5 Å². The molecule has 1 aromatic carbocycles. The molecule has 3 aromatic rings. The molecule has 2 N–H and O–H groups in total. The van der Waals surface area contributed by atoms with E-state index in [2.05, 4.69) is 10.3 Å². The number of rotatable bonds is 4. The summed E-state index contributed by atoms with van der Waals surface area (Å²) in [7, 11) is 0. The van der Waals surface area contributed by atoms with E-state index in [4.69, 9.17) is 9.52 Å². The largest absolute Gasteiger partial charge is 0.478 e. The quantitative estimate of drug-likeness (QED) is 0.751. The Kier molecular flexibility index (Phi) is 3.47. The van der Waals surface area contributed by atoms with E-state index in [1.165, 1.54) is 29.5 Å². The number of hydrogen-bond donors (Lipinski definition) is 2. The number of aromatic carboxylic acids is 1. The number of carbonyl (C=O) groups excluding carboxylic acids is 1. The Labute approximate surface area is 126 Å². The molecule has 3 rings (SSSR count). The summed E-state index contributed by atoms with van der Waals surface area (Å²) in [6.45, 7) is -0.252. The van der Waals surface area contributed by atoms with Crippen molar-refractivity contribution in [3.05, 3.63) is 45.9 Å². The number of fused-ring (bicyclic) bond motifs is 1. The zero-order valence-corrected chi connectivity index (χ0v) is 11.8. The van der Waals surface area contributed by atoms with Crippen LogP contribution in [0.4, 0.5) is 5.13 Å². The third-order valence-electron chi connectivity index (χ3n) is 2.90. The van der Waals surface area contributed by atoms with Gasteiger partial charge in [0.1, 0.15) is 6.54 Å². The Morgan fingerprint density at radius 3 is 2.91 bits per heavy atom. The second-order valence-corrected chi connectivity index (χ2v) is 5.22. The lowest BCUT2D eigenvalue weighted by molar-refractivity contribution is -0.116. The molecule has 9 heteroatoms. The maximum absolute atomic E-state index is 11.9. The fourth-order valence-corrected chi connectivity index (χ4v) is 2.48. The van der Waals surface area contributed by atoms with Crippen molar-refractivity contribution in [1.82, 2.24) is 9.55 Å². The molecule has 0 radical (unpaired) electrons. The van der Waals surface area contributed by atoms with Gasteiger partial charge in [-0.2, -0.15) is 0 Å². The van der Waals surface area contributed by atoms with Crippen molar-refractivity contribution in [3.8, 4) is 0 Å². The van der Waals surface area contributed by atoms with E-state index in [0.29, 0.717) is 10.6 Å². The van der Waals surface area contributed by atoms with Gasteiger partial charge in [0.15, 0.2) is 10.7 Å². The number of carbonyl (C=O) groups is 2. The number of oxazole rings is 1. The number of thiazole rings is 1. The number of anilines is 1. The third-order valence-corrected chi connectivity index (χ3v) is 3.58. The zero-order chi connectivity index (χ0) is 15.7. The molecular weight excluding hydrogens is 310 g/mol. The second kappa shape index (κ2) is 5.45. The Morgan fingerprint density at radius 2 is 2.23 bits per heavy atom. The van der Waals surface area contributed by atoms with Crippen LogP contribution >= 0.6 is 11.3 Å². The molecule has 0 atom stereocenters. The van der Waals surface area contributed by atoms with Crippen molar-refractivity contribution >= 4 is 39.4 Å². The Bertz CT molecular complexity index is 910. The molecule has 1 amide bonds. The van der Waals surface area contributed by atoms with Crippen LogP contribution in [0.5, 0.6) is 0 Å². The van der Waals surface area contributed by atoms with E-state index < -0.39 is 17.6 Å². The summed E-state index contributed by atoms with van der Waals surface area (Å²) in [5.41, 5.74) is 0.469. The summed E-state index contributed by atoms with van der Waals surface area (Å²) < 4.78 is 6.11. The first-order chi connectivity index (χ1) is 10.5. The summed E-state index contributed by atoms with van der Waals surface area (Å²) in [5.74, 6) is -2.28. The molecule has 0 aliphatic heterocycles. The maximum atomic E-state index is 11.9. The highest BCUT2D eigenvalue weighted by molar-refractivity contribution is 7.13. The van der Waals surface area contributed by atoms with Crippen LogP contribution in [0.2, 0.25) is 0 Å². The van der Waals surface area contributed by atoms with Gasteiger partial charge in [0.05, 0.1) is 11.1 Å². The third kappa shape index (κ3) is 2.61. The molecule has 0 spiro atoms. The predicted molar refractivity (Wildman–Crippen MR) is 78.2 cm³/mol. The minimum Gasteiger partial charge on any atom is -0.478 e. The van der Waals surface area contributed by atoms with Crippen molar-refractivity contribution in [1.29, 1.82) is 0 Å². The summed E-state index contributed by atoms with van der Waals surface area (Å²) in [5, 5.41) is 13.6. The van der Waals surface area contributed by atoms with Crippen molar-refractivity contribution in [3.63, 3.8) is 0 Å². The Hall–Kier alpha value is -2.94. The SMILES string of the molecule is O=C(Cn1c(=O)oc2cc(C(=O)O)ccc21)Nc1nccs1. The van der Waals surface area contributed by atoms with E-state index in [1.54, 1.807) is 11.6 Å². The van der Waals surface area contributed by atoms with Gasteiger partial charge in [-0.05, 0) is 18.2 Å². The highest BCUT2D eigenvalue weighted by Crippen LogP contribution is 2.16. The van der Waals surface area contributed by atoms with Gasteiger partial charge in [0.2, 0.25) is 5.91 Å². The molecule has 2 heterocycles. The number of aromatic nitrogens is 2. The average molecular weight is 319 g/mol. The molecule has 0 aliphatic rings. The fraction of sp³-hybridized carbons (Fsp3) is 0.0769. The van der Waals surface area contributed by atoms with Gasteiger partial charge in [0, 0.05) is 11.6 Å². The summed E-state index contributed by atoms with van der Waals surface area (Å²) in [4.78, 5) is 38.5. The lowest BCUT2D eigenvalue weighted by Crippen LogP contribution is -2.24. The Morgan fingerprint density at radius 1 is 1.41 bits per heavy atom. The molecule has 2 aromatic heterocycles. The van der Waals surface area contributed by atoms with Crippen molar-refractivity contribution < 1.29 is 19.1 Å². The monoisotopic (exact) mass is 319 g/mol. The number of benzene rings is 1. The van der Waals surface area contributed by atoms with Gasteiger partial charge in [0.25, 0.3) is 0 Å². The number of amides is 1. The van der Waals surface area contributed by atoms with Crippen molar-refractivity contribution in [2.45, 2.75) is 6.54 Å². The van der Waals surface area contributed by atoms with Crippen LogP contribution in [0.25, 0.3) is 11.1 Å². The van der Waals surface area contributed by atoms with Crippen LogP contribution in [0, 0.1) is 0 Å². The smallest absolute Gasteiger partial charge is 0.420 e. The van der Waals surface area contributed by atoms with Gasteiger partial charge in [-0.3, -0.25) is 9.36 Å². The van der Waals surface area contributed by atoms with Crippen LogP contribution in [-0.2, 0) is 11.3 Å². The van der Waals surface area contributed by atoms with E-state index in [0.717, 1.165) is 4.57 Å². The summed E-state index contributed by atoms with van der Waals surface area (Å²) >= 11 is 1.26. The lowest BCUT2D eigenvalue weighted by atomic mass is 10.2. The minimum atomic E-state index is -1.13. The minimum absolute atomic E-state index is 0.000590. The van der Waals surface area contributed by atoms with E-state index in [9.17, 15) is 14.4 Å². The zero-order valence-electron chi connectivity index (χ0n) is 11.0. The molecule has 0 aliphatic carbocycles. The topological polar surface area (TPSA) is 114 Å². The normalized spacial score (nSPS) is 10.7. The van der Waals surface area contributed by atoms with Gasteiger partial charge in [-0.1, -0.05) is 0 Å². The van der Waals surface area contributed by atoms with Crippen LogP contribution in [0.15, 0.2) is 39.0 Å². The lowest BCUT2D eigenvalue weighted by Gasteiger charge is -2.02. The Balaban J connectivity index is 1.90. The number of carboxylic acid groups (broad SMARTS) is 1. The van der Waals surface area contributed by atoms with Gasteiger partial charge < -0.3 is 14.8 Å². The van der Waals surface area contributed by atoms with E-state index >= 15 is 0 Å².